The second-order valence-electron chi connectivity index (χ2n) is 5.47. The summed E-state index contributed by atoms with van der Waals surface area (Å²) in [4.78, 5) is 26.8. The van der Waals surface area contributed by atoms with Crippen LogP contribution in [0.3, 0.4) is 0 Å². The second kappa shape index (κ2) is 6.58. The zero-order valence-electron chi connectivity index (χ0n) is 12.4. The molecule has 0 spiro atoms. The molecule has 1 aliphatic rings. The van der Waals surface area contributed by atoms with Crippen molar-refractivity contribution in [3.63, 3.8) is 0 Å². The zero-order valence-corrected chi connectivity index (χ0v) is 12.4. The van der Waals surface area contributed by atoms with Crippen LogP contribution in [0.1, 0.15) is 23.2 Å². The molecule has 1 atom stereocenters. The van der Waals surface area contributed by atoms with E-state index >= 15 is 0 Å². The number of urea groups is 1. The van der Waals surface area contributed by atoms with Crippen LogP contribution in [-0.4, -0.2) is 60.1 Å². The number of amides is 2. The molecule has 114 valence electrons. The molecule has 0 bridgehead atoms. The fourth-order valence-corrected chi connectivity index (χ4v) is 2.52. The van der Waals surface area contributed by atoms with Gasteiger partial charge in [0.1, 0.15) is 0 Å². The van der Waals surface area contributed by atoms with Crippen molar-refractivity contribution in [1.29, 1.82) is 0 Å². The van der Waals surface area contributed by atoms with Gasteiger partial charge in [0.05, 0.1) is 5.56 Å². The van der Waals surface area contributed by atoms with E-state index in [0.717, 1.165) is 13.0 Å². The highest BCUT2D eigenvalue weighted by Gasteiger charge is 2.23. The van der Waals surface area contributed by atoms with Gasteiger partial charge in [0.15, 0.2) is 0 Å². The third kappa shape index (κ3) is 3.95. The third-order valence-electron chi connectivity index (χ3n) is 3.89. The van der Waals surface area contributed by atoms with Crippen LogP contribution >= 0.6 is 0 Å². The highest BCUT2D eigenvalue weighted by Crippen LogP contribution is 2.16. The molecule has 1 heterocycles. The summed E-state index contributed by atoms with van der Waals surface area (Å²) in [6.45, 7) is 1.77. The standard InChI is InChI=1S/C15H21N3O3/c1-17-9-3-4-13(17)10-18(2)15(21)16-12-7-5-11(6-8-12)14(19)20/h5-8,13H,3-4,9-10H2,1-2H3,(H,16,21)(H,19,20). The molecule has 0 aliphatic carbocycles. The summed E-state index contributed by atoms with van der Waals surface area (Å²) in [5.74, 6) is -0.978. The fourth-order valence-electron chi connectivity index (χ4n) is 2.52. The quantitative estimate of drug-likeness (QED) is 0.889. The normalized spacial score (nSPS) is 18.5. The van der Waals surface area contributed by atoms with Crippen LogP contribution in [0, 0.1) is 0 Å². The molecule has 1 fully saturated rings. The summed E-state index contributed by atoms with van der Waals surface area (Å²) in [7, 11) is 3.85. The van der Waals surface area contributed by atoms with Crippen molar-refractivity contribution >= 4 is 17.7 Å². The SMILES string of the molecule is CN(CC1CCCN1C)C(=O)Nc1ccc(C(=O)O)cc1. The molecule has 1 aromatic carbocycles. The number of benzene rings is 1. The second-order valence-corrected chi connectivity index (χ2v) is 5.47. The Bertz CT molecular complexity index is 515. The van der Waals surface area contributed by atoms with E-state index in [1.807, 2.05) is 0 Å². The van der Waals surface area contributed by atoms with Crippen LogP contribution in [0.4, 0.5) is 10.5 Å². The maximum Gasteiger partial charge on any atom is 0.335 e. The fraction of sp³-hybridized carbons (Fsp3) is 0.467. The number of hydrogen-bond acceptors (Lipinski definition) is 3. The Labute approximate surface area is 124 Å². The third-order valence-corrected chi connectivity index (χ3v) is 3.89. The number of nitrogens with zero attached hydrogens (tertiary/aromatic N) is 2. The molecule has 1 saturated heterocycles. The van der Waals surface area contributed by atoms with Gasteiger partial charge in [-0.2, -0.15) is 0 Å². The van der Waals surface area contributed by atoms with Gasteiger partial charge in [-0.05, 0) is 50.7 Å². The Hall–Kier alpha value is -2.08. The number of nitrogens with one attached hydrogen (secondary N) is 1. The number of carbonyl (C=O) groups excluding carboxylic acids is 1. The Balaban J connectivity index is 1.89. The van der Waals surface area contributed by atoms with Crippen molar-refractivity contribution in [3.8, 4) is 0 Å². The van der Waals surface area contributed by atoms with Gasteiger partial charge < -0.3 is 20.2 Å². The predicted octanol–water partition coefficient (Wildman–Crippen LogP) is 1.94. The Morgan fingerprint density at radius 2 is 2.05 bits per heavy atom. The van der Waals surface area contributed by atoms with Crippen LogP contribution in [0.25, 0.3) is 0 Å². The van der Waals surface area contributed by atoms with Gasteiger partial charge in [-0.15, -0.1) is 0 Å². The van der Waals surface area contributed by atoms with E-state index < -0.39 is 5.97 Å². The van der Waals surface area contributed by atoms with Crippen molar-refractivity contribution in [2.45, 2.75) is 18.9 Å². The van der Waals surface area contributed by atoms with Gasteiger partial charge in [0, 0.05) is 25.3 Å². The summed E-state index contributed by atoms with van der Waals surface area (Å²) in [6.07, 6.45) is 2.29. The number of likely N-dealkylation sites (tertiary alicyclic amines) is 1. The van der Waals surface area contributed by atoms with Crippen LogP contribution in [0.15, 0.2) is 24.3 Å². The van der Waals surface area contributed by atoms with Crippen LogP contribution < -0.4 is 5.32 Å². The average molecular weight is 291 g/mol. The zero-order chi connectivity index (χ0) is 15.4. The van der Waals surface area contributed by atoms with Crippen molar-refractivity contribution in [3.05, 3.63) is 29.8 Å². The van der Waals surface area contributed by atoms with E-state index in [9.17, 15) is 9.59 Å². The highest BCUT2D eigenvalue weighted by atomic mass is 16.4. The van der Waals surface area contributed by atoms with E-state index in [0.29, 0.717) is 18.3 Å². The Kier molecular flexibility index (Phi) is 4.80. The minimum atomic E-state index is -0.978. The van der Waals surface area contributed by atoms with Crippen LogP contribution in [0.5, 0.6) is 0 Å². The van der Waals surface area contributed by atoms with Crippen LogP contribution in [0.2, 0.25) is 0 Å². The number of carboxylic acid groups (broad SMARTS) is 1. The van der Waals surface area contributed by atoms with Gasteiger partial charge in [-0.1, -0.05) is 0 Å². The number of anilines is 1. The molecule has 0 radical (unpaired) electrons. The number of rotatable bonds is 4. The lowest BCUT2D eigenvalue weighted by atomic mass is 10.2. The highest BCUT2D eigenvalue weighted by molar-refractivity contribution is 5.91. The van der Waals surface area contributed by atoms with Gasteiger partial charge in [0.2, 0.25) is 0 Å². The van der Waals surface area contributed by atoms with Gasteiger partial charge in [0.25, 0.3) is 0 Å². The first-order valence-electron chi connectivity index (χ1n) is 7.03. The molecule has 2 N–H and O–H groups in total. The van der Waals surface area contributed by atoms with Crippen molar-refractivity contribution in [2.24, 2.45) is 0 Å². The summed E-state index contributed by atoms with van der Waals surface area (Å²) in [5, 5.41) is 11.6. The van der Waals surface area contributed by atoms with Gasteiger partial charge in [-0.25, -0.2) is 9.59 Å². The Morgan fingerprint density at radius 1 is 1.38 bits per heavy atom. The molecule has 6 heteroatoms. The molecule has 1 unspecified atom stereocenters. The minimum Gasteiger partial charge on any atom is -0.478 e. The molecular weight excluding hydrogens is 270 g/mol. The molecule has 2 amide bonds. The number of carboxylic acids is 1. The molecule has 1 aliphatic heterocycles. The number of carbonyl (C=O) groups is 2. The summed E-state index contributed by atoms with van der Waals surface area (Å²) >= 11 is 0. The molecule has 2 rings (SSSR count). The first-order chi connectivity index (χ1) is 9.97. The summed E-state index contributed by atoms with van der Waals surface area (Å²) < 4.78 is 0. The number of hydrogen-bond donors (Lipinski definition) is 2. The van der Waals surface area contributed by atoms with E-state index in [1.165, 1.54) is 18.6 Å². The molecule has 21 heavy (non-hydrogen) atoms. The minimum absolute atomic E-state index is 0.182. The van der Waals surface area contributed by atoms with E-state index in [4.69, 9.17) is 5.11 Å². The molecular formula is C15H21N3O3. The first kappa shape index (κ1) is 15.3. The number of likely N-dealkylation sites (N-methyl/N-ethyl adjacent to an activating group) is 2. The van der Waals surface area contributed by atoms with E-state index in [1.54, 1.807) is 24.1 Å². The topological polar surface area (TPSA) is 72.9 Å². The van der Waals surface area contributed by atoms with Gasteiger partial charge >= 0.3 is 12.0 Å². The lowest BCUT2D eigenvalue weighted by Crippen LogP contribution is -2.41. The van der Waals surface area contributed by atoms with Crippen LogP contribution in [-0.2, 0) is 0 Å². The summed E-state index contributed by atoms with van der Waals surface area (Å²) in [6, 6.07) is 6.37. The lowest BCUT2D eigenvalue weighted by molar-refractivity contribution is 0.0697. The van der Waals surface area contributed by atoms with Gasteiger partial charge in [-0.3, -0.25) is 0 Å². The lowest BCUT2D eigenvalue weighted by Gasteiger charge is -2.26. The smallest absolute Gasteiger partial charge is 0.335 e. The number of aromatic carboxylic acids is 1. The van der Waals surface area contributed by atoms with Crippen molar-refractivity contribution in [2.75, 3.05) is 32.5 Å². The maximum absolute atomic E-state index is 12.1. The Morgan fingerprint density at radius 3 is 2.57 bits per heavy atom. The van der Waals surface area contributed by atoms with Crippen molar-refractivity contribution in [1.82, 2.24) is 9.80 Å². The van der Waals surface area contributed by atoms with E-state index in [2.05, 4.69) is 17.3 Å². The summed E-state index contributed by atoms with van der Waals surface area (Å²) in [5.41, 5.74) is 0.797. The predicted molar refractivity (Wildman–Crippen MR) is 80.7 cm³/mol. The molecule has 0 saturated carbocycles. The largest absolute Gasteiger partial charge is 0.478 e. The molecule has 0 aromatic heterocycles. The monoisotopic (exact) mass is 291 g/mol. The molecule has 1 aromatic rings. The molecule has 6 nitrogen and oxygen atoms in total. The van der Waals surface area contributed by atoms with E-state index in [-0.39, 0.29) is 11.6 Å². The first-order valence-corrected chi connectivity index (χ1v) is 7.03. The van der Waals surface area contributed by atoms with Crippen molar-refractivity contribution < 1.29 is 14.7 Å². The average Bonchev–Trinajstić information content (AvgIpc) is 2.84. The maximum atomic E-state index is 12.1.